The van der Waals surface area contributed by atoms with Crippen molar-refractivity contribution >= 4 is 29.1 Å². The number of nitrogens with zero attached hydrogens (tertiary/aromatic N) is 3. The highest BCUT2D eigenvalue weighted by molar-refractivity contribution is 7.07. The summed E-state index contributed by atoms with van der Waals surface area (Å²) < 4.78 is 12.9. The molecule has 9 nitrogen and oxygen atoms in total. The molecule has 0 bridgehead atoms. The van der Waals surface area contributed by atoms with Crippen molar-refractivity contribution in [2.75, 3.05) is 13.2 Å². The van der Waals surface area contributed by atoms with Crippen molar-refractivity contribution in [3.63, 3.8) is 0 Å². The lowest BCUT2D eigenvalue weighted by Crippen LogP contribution is -2.39. The lowest BCUT2D eigenvalue weighted by atomic mass is 9.96. The molecule has 2 aromatic carbocycles. The Balaban J connectivity index is 1.85. The zero-order chi connectivity index (χ0) is 25.8. The van der Waals surface area contributed by atoms with Gasteiger partial charge in [0.1, 0.15) is 5.75 Å². The number of esters is 1. The van der Waals surface area contributed by atoms with Crippen LogP contribution in [0.15, 0.2) is 69.6 Å². The highest BCUT2D eigenvalue weighted by atomic mass is 32.1. The van der Waals surface area contributed by atoms with Crippen LogP contribution >= 0.6 is 11.3 Å². The lowest BCUT2D eigenvalue weighted by molar-refractivity contribution is -0.384. The Labute approximate surface area is 210 Å². The molecule has 2 heterocycles. The number of nitro benzene ring substituents is 1. The van der Waals surface area contributed by atoms with Crippen molar-refractivity contribution in [1.82, 2.24) is 4.57 Å². The predicted octanol–water partition coefficient (Wildman–Crippen LogP) is 3.50. The van der Waals surface area contributed by atoms with E-state index in [2.05, 4.69) is 4.99 Å². The molecule has 10 heteroatoms. The predicted molar refractivity (Wildman–Crippen MR) is 136 cm³/mol. The molecule has 0 aliphatic carbocycles. The number of benzene rings is 2. The summed E-state index contributed by atoms with van der Waals surface area (Å²) in [5.74, 6) is 0.171. The summed E-state index contributed by atoms with van der Waals surface area (Å²) in [5, 5.41) is 10.9. The third kappa shape index (κ3) is 4.99. The van der Waals surface area contributed by atoms with Gasteiger partial charge in [0.15, 0.2) is 4.80 Å². The molecular weight excluding hydrogens is 482 g/mol. The molecule has 1 aliphatic rings. The number of aromatic nitrogens is 1. The number of hydrogen-bond donors (Lipinski definition) is 0. The van der Waals surface area contributed by atoms with Gasteiger partial charge in [0.05, 0.1) is 40.0 Å². The van der Waals surface area contributed by atoms with Crippen LogP contribution in [0.4, 0.5) is 5.69 Å². The fourth-order valence-electron chi connectivity index (χ4n) is 3.92. The quantitative estimate of drug-likeness (QED) is 0.262. The molecule has 0 N–H and O–H groups in total. The summed E-state index contributed by atoms with van der Waals surface area (Å²) in [6.45, 7) is 6.25. The van der Waals surface area contributed by atoms with Crippen LogP contribution in [0.2, 0.25) is 0 Å². The monoisotopic (exact) mass is 507 g/mol. The van der Waals surface area contributed by atoms with Gasteiger partial charge in [-0.15, -0.1) is 0 Å². The van der Waals surface area contributed by atoms with Crippen LogP contribution in [-0.2, 0) is 9.53 Å². The van der Waals surface area contributed by atoms with Crippen LogP contribution in [0.1, 0.15) is 44.4 Å². The summed E-state index contributed by atoms with van der Waals surface area (Å²) >= 11 is 1.19. The fourth-order valence-corrected chi connectivity index (χ4v) is 4.96. The Bertz CT molecular complexity index is 1500. The first-order valence-corrected chi connectivity index (χ1v) is 12.3. The van der Waals surface area contributed by atoms with E-state index in [0.29, 0.717) is 38.5 Å². The molecule has 1 aliphatic heterocycles. The van der Waals surface area contributed by atoms with Gasteiger partial charge in [-0.2, -0.15) is 0 Å². The van der Waals surface area contributed by atoms with E-state index >= 15 is 0 Å². The standard InChI is InChI=1S/C26H25N3O6S/c1-4-14-35-20-12-8-18(9-13-20)23-22(25(31)34-5-2)16(3)27-26-28(23)24(30)21(36-26)15-17-6-10-19(11-7-17)29(32)33/h6-13,15,23H,4-5,14H2,1-3H3/b21-15-. The molecule has 36 heavy (non-hydrogen) atoms. The maximum absolute atomic E-state index is 13.6. The topological polar surface area (TPSA) is 113 Å². The molecule has 3 aromatic rings. The average Bonchev–Trinajstić information content (AvgIpc) is 3.16. The minimum atomic E-state index is -0.723. The first kappa shape index (κ1) is 25.1. The van der Waals surface area contributed by atoms with Gasteiger partial charge in [0.2, 0.25) is 0 Å². The van der Waals surface area contributed by atoms with E-state index in [0.717, 1.165) is 12.0 Å². The maximum Gasteiger partial charge on any atom is 0.338 e. The highest BCUT2D eigenvalue weighted by Gasteiger charge is 2.33. The zero-order valence-corrected chi connectivity index (χ0v) is 20.9. The minimum absolute atomic E-state index is 0.0327. The molecule has 0 amide bonds. The van der Waals surface area contributed by atoms with Crippen molar-refractivity contribution < 1.29 is 19.2 Å². The van der Waals surface area contributed by atoms with E-state index in [1.165, 1.54) is 28.0 Å². The van der Waals surface area contributed by atoms with Gasteiger partial charge in [0.25, 0.3) is 11.2 Å². The van der Waals surface area contributed by atoms with E-state index in [-0.39, 0.29) is 17.9 Å². The van der Waals surface area contributed by atoms with E-state index in [1.807, 2.05) is 31.2 Å². The Morgan fingerprint density at radius 3 is 2.47 bits per heavy atom. The minimum Gasteiger partial charge on any atom is -0.494 e. The summed E-state index contributed by atoms with van der Waals surface area (Å²) in [7, 11) is 0. The molecule has 0 saturated carbocycles. The van der Waals surface area contributed by atoms with Gasteiger partial charge in [-0.3, -0.25) is 19.5 Å². The summed E-state index contributed by atoms with van der Waals surface area (Å²) in [5.41, 5.74) is 1.79. The third-order valence-electron chi connectivity index (χ3n) is 5.59. The first-order valence-electron chi connectivity index (χ1n) is 11.5. The van der Waals surface area contributed by atoms with Crippen LogP contribution < -0.4 is 19.6 Å². The van der Waals surface area contributed by atoms with Gasteiger partial charge in [-0.05, 0) is 61.7 Å². The van der Waals surface area contributed by atoms with E-state index in [1.54, 1.807) is 32.1 Å². The Morgan fingerprint density at radius 1 is 1.17 bits per heavy atom. The molecule has 1 aromatic heterocycles. The number of carbonyl (C=O) groups excluding carboxylic acids is 1. The molecule has 0 saturated heterocycles. The van der Waals surface area contributed by atoms with E-state index in [9.17, 15) is 19.7 Å². The van der Waals surface area contributed by atoms with E-state index in [4.69, 9.17) is 9.47 Å². The fraction of sp³-hybridized carbons (Fsp3) is 0.269. The van der Waals surface area contributed by atoms with Gasteiger partial charge in [0, 0.05) is 12.1 Å². The number of thiazole rings is 1. The second kappa shape index (κ2) is 10.7. The number of rotatable bonds is 8. The van der Waals surface area contributed by atoms with Gasteiger partial charge < -0.3 is 9.47 Å². The molecule has 0 radical (unpaired) electrons. The van der Waals surface area contributed by atoms with Crippen LogP contribution in [0.5, 0.6) is 5.75 Å². The normalized spacial score (nSPS) is 15.3. The van der Waals surface area contributed by atoms with Crippen molar-refractivity contribution in [3.05, 3.63) is 101 Å². The number of non-ortho nitro benzene ring substituents is 1. The van der Waals surface area contributed by atoms with Crippen LogP contribution in [0.25, 0.3) is 6.08 Å². The summed E-state index contributed by atoms with van der Waals surface area (Å²) in [6.07, 6.45) is 2.54. The molecule has 4 rings (SSSR count). The van der Waals surface area contributed by atoms with Gasteiger partial charge in [-0.25, -0.2) is 9.79 Å². The SMILES string of the molecule is CCCOc1ccc(C2C(C(=O)OCC)=C(C)N=c3s/c(=C\c4ccc([N+](=O)[O-])cc4)c(=O)n32)cc1. The van der Waals surface area contributed by atoms with Crippen LogP contribution in [-0.4, -0.2) is 28.7 Å². The molecule has 1 unspecified atom stereocenters. The van der Waals surface area contributed by atoms with Crippen LogP contribution in [0, 0.1) is 10.1 Å². The second-order valence-electron chi connectivity index (χ2n) is 8.07. The number of fused-ring (bicyclic) bond motifs is 1. The smallest absolute Gasteiger partial charge is 0.338 e. The Kier molecular flexibility index (Phi) is 7.44. The molecular formula is C26H25N3O6S. The number of carbonyl (C=O) groups is 1. The molecule has 0 fully saturated rings. The third-order valence-corrected chi connectivity index (χ3v) is 6.57. The highest BCUT2D eigenvalue weighted by Crippen LogP contribution is 2.31. The van der Waals surface area contributed by atoms with Crippen molar-refractivity contribution in [2.45, 2.75) is 33.2 Å². The average molecular weight is 508 g/mol. The zero-order valence-electron chi connectivity index (χ0n) is 20.1. The van der Waals surface area contributed by atoms with Gasteiger partial charge >= 0.3 is 5.97 Å². The Morgan fingerprint density at radius 2 is 1.86 bits per heavy atom. The maximum atomic E-state index is 13.6. The van der Waals surface area contributed by atoms with Gasteiger partial charge in [-0.1, -0.05) is 30.4 Å². The first-order chi connectivity index (χ1) is 17.3. The number of hydrogen-bond acceptors (Lipinski definition) is 8. The summed E-state index contributed by atoms with van der Waals surface area (Å²) in [4.78, 5) is 42.0. The number of allylic oxidation sites excluding steroid dienone is 1. The molecule has 186 valence electrons. The Hall–Kier alpha value is -4.05. The summed E-state index contributed by atoms with van der Waals surface area (Å²) in [6, 6.07) is 12.5. The van der Waals surface area contributed by atoms with E-state index < -0.39 is 16.9 Å². The molecule has 1 atom stereocenters. The number of ether oxygens (including phenoxy) is 2. The van der Waals surface area contributed by atoms with Crippen molar-refractivity contribution in [3.8, 4) is 5.75 Å². The van der Waals surface area contributed by atoms with Crippen molar-refractivity contribution in [1.29, 1.82) is 0 Å². The largest absolute Gasteiger partial charge is 0.494 e. The lowest BCUT2D eigenvalue weighted by Gasteiger charge is -2.24. The van der Waals surface area contributed by atoms with Crippen LogP contribution in [0.3, 0.4) is 0 Å². The number of nitro groups is 1. The van der Waals surface area contributed by atoms with Crippen molar-refractivity contribution in [2.24, 2.45) is 4.99 Å². The molecule has 0 spiro atoms. The second-order valence-corrected chi connectivity index (χ2v) is 9.08.